The predicted octanol–water partition coefficient (Wildman–Crippen LogP) is 13.3. The zero-order chi connectivity index (χ0) is 38.2. The van der Waals surface area contributed by atoms with Crippen LogP contribution in [-0.4, -0.2) is 25.4 Å². The molecular formula is C49H64FNO3. The molecule has 0 bridgehead atoms. The molecule has 0 saturated heterocycles. The van der Waals surface area contributed by atoms with Gasteiger partial charge in [0.15, 0.2) is 0 Å². The molecule has 0 fully saturated rings. The molecule has 4 aromatic rings. The fourth-order valence-electron chi connectivity index (χ4n) is 7.25. The van der Waals surface area contributed by atoms with Crippen LogP contribution < -0.4 is 0 Å². The first-order valence-corrected chi connectivity index (χ1v) is 20.7. The summed E-state index contributed by atoms with van der Waals surface area (Å²) in [5, 5.41) is 9.44. The smallest absolute Gasteiger partial charge is 0.143 e. The van der Waals surface area contributed by atoms with E-state index in [9.17, 15) is 9.65 Å². The van der Waals surface area contributed by atoms with Crippen LogP contribution in [-0.2, 0) is 26.4 Å². The fourth-order valence-corrected chi connectivity index (χ4v) is 7.25. The number of ether oxygens (including phenoxy) is 3. The first-order valence-electron chi connectivity index (χ1n) is 20.7. The molecule has 0 aliphatic heterocycles. The lowest BCUT2D eigenvalue weighted by Crippen LogP contribution is -2.44. The van der Waals surface area contributed by atoms with Gasteiger partial charge in [-0.2, -0.15) is 5.26 Å². The Morgan fingerprint density at radius 1 is 0.556 bits per heavy atom. The molecule has 5 heteroatoms. The SMILES string of the molecule is CCCCCCCCCCCCCCCCCCOCC(C)(COC(c1ccccc1)(c1ccccc1)c1ccccc1)OCc1cc(F)cc(C#N)c1. The average molecular weight is 734 g/mol. The Morgan fingerprint density at radius 2 is 1.00 bits per heavy atom. The molecule has 1 atom stereocenters. The molecule has 290 valence electrons. The molecule has 4 rings (SSSR count). The van der Waals surface area contributed by atoms with Gasteiger partial charge in [-0.3, -0.25) is 0 Å². The predicted molar refractivity (Wildman–Crippen MR) is 220 cm³/mol. The second-order valence-electron chi connectivity index (χ2n) is 15.1. The molecule has 0 radical (unpaired) electrons. The van der Waals surface area contributed by atoms with Gasteiger partial charge in [-0.25, -0.2) is 4.39 Å². The van der Waals surface area contributed by atoms with Crippen molar-refractivity contribution in [2.24, 2.45) is 0 Å². The highest BCUT2D eigenvalue weighted by molar-refractivity contribution is 5.47. The number of benzene rings is 4. The third kappa shape index (κ3) is 14.4. The zero-order valence-electron chi connectivity index (χ0n) is 33.1. The van der Waals surface area contributed by atoms with Crippen LogP contribution in [0.25, 0.3) is 0 Å². The molecular weight excluding hydrogens is 670 g/mol. The van der Waals surface area contributed by atoms with Gasteiger partial charge in [-0.05, 0) is 53.8 Å². The van der Waals surface area contributed by atoms with E-state index in [0.717, 1.165) is 29.5 Å². The van der Waals surface area contributed by atoms with E-state index in [2.05, 4.69) is 43.3 Å². The van der Waals surface area contributed by atoms with Crippen LogP contribution in [0.4, 0.5) is 4.39 Å². The molecule has 0 aliphatic rings. The van der Waals surface area contributed by atoms with Gasteiger partial charge in [-0.15, -0.1) is 0 Å². The minimum absolute atomic E-state index is 0.115. The van der Waals surface area contributed by atoms with Crippen molar-refractivity contribution in [1.29, 1.82) is 5.26 Å². The highest BCUT2D eigenvalue weighted by Crippen LogP contribution is 2.41. The van der Waals surface area contributed by atoms with Gasteiger partial charge in [0.2, 0.25) is 0 Å². The summed E-state index contributed by atoms with van der Waals surface area (Å²) in [6.45, 7) is 5.53. The Labute approximate surface area is 326 Å². The van der Waals surface area contributed by atoms with Crippen molar-refractivity contribution in [3.63, 3.8) is 0 Å². The summed E-state index contributed by atoms with van der Waals surface area (Å²) in [5.74, 6) is -0.457. The van der Waals surface area contributed by atoms with Crippen molar-refractivity contribution in [3.8, 4) is 6.07 Å². The van der Waals surface area contributed by atoms with Crippen molar-refractivity contribution in [2.75, 3.05) is 19.8 Å². The first kappa shape index (κ1) is 42.9. The second-order valence-corrected chi connectivity index (χ2v) is 15.1. The van der Waals surface area contributed by atoms with Crippen LogP contribution in [0.15, 0.2) is 109 Å². The zero-order valence-corrected chi connectivity index (χ0v) is 33.1. The van der Waals surface area contributed by atoms with Crippen LogP contribution >= 0.6 is 0 Å². The maximum Gasteiger partial charge on any atom is 0.143 e. The van der Waals surface area contributed by atoms with Gasteiger partial charge in [0, 0.05) is 6.61 Å². The monoisotopic (exact) mass is 733 g/mol. The van der Waals surface area contributed by atoms with E-state index < -0.39 is 17.0 Å². The second kappa shape index (κ2) is 24.6. The van der Waals surface area contributed by atoms with E-state index in [-0.39, 0.29) is 18.8 Å². The maximum atomic E-state index is 14.4. The van der Waals surface area contributed by atoms with Crippen LogP contribution in [0.5, 0.6) is 0 Å². The molecule has 1 unspecified atom stereocenters. The number of nitriles is 1. The van der Waals surface area contributed by atoms with Gasteiger partial charge < -0.3 is 14.2 Å². The molecule has 54 heavy (non-hydrogen) atoms. The summed E-state index contributed by atoms with van der Waals surface area (Å²) in [6.07, 6.45) is 21.2. The van der Waals surface area contributed by atoms with Crippen LogP contribution in [0, 0.1) is 17.1 Å². The van der Waals surface area contributed by atoms with Crippen LogP contribution in [0.1, 0.15) is 144 Å². The number of rotatable bonds is 28. The van der Waals surface area contributed by atoms with Crippen LogP contribution in [0.2, 0.25) is 0 Å². The maximum absolute atomic E-state index is 14.4. The summed E-state index contributed by atoms with van der Waals surface area (Å²) in [4.78, 5) is 0. The molecule has 0 amide bonds. The summed E-state index contributed by atoms with van der Waals surface area (Å²) in [7, 11) is 0. The minimum Gasteiger partial charge on any atom is -0.378 e. The summed E-state index contributed by atoms with van der Waals surface area (Å²) < 4.78 is 34.5. The Morgan fingerprint density at radius 3 is 1.44 bits per heavy atom. The van der Waals surface area contributed by atoms with Crippen LogP contribution in [0.3, 0.4) is 0 Å². The molecule has 0 heterocycles. The number of nitrogens with zero attached hydrogens (tertiary/aromatic N) is 1. The van der Waals surface area contributed by atoms with E-state index in [0.29, 0.717) is 18.8 Å². The Kier molecular flexibility index (Phi) is 19.5. The quantitative estimate of drug-likeness (QED) is 0.0431. The third-order valence-corrected chi connectivity index (χ3v) is 10.4. The van der Waals surface area contributed by atoms with Gasteiger partial charge in [0.1, 0.15) is 17.0 Å². The molecule has 0 spiro atoms. The van der Waals surface area contributed by atoms with Crippen molar-refractivity contribution < 1.29 is 18.6 Å². The van der Waals surface area contributed by atoms with Crippen molar-refractivity contribution >= 4 is 0 Å². The van der Waals surface area contributed by atoms with E-state index >= 15 is 0 Å². The Bertz CT molecular complexity index is 1510. The van der Waals surface area contributed by atoms with Crippen molar-refractivity contribution in [2.45, 2.75) is 134 Å². The highest BCUT2D eigenvalue weighted by atomic mass is 19.1. The van der Waals surface area contributed by atoms with Gasteiger partial charge in [-0.1, -0.05) is 194 Å². The molecule has 0 saturated carbocycles. The fraction of sp³-hybridized carbons (Fsp3) is 0.490. The molecule has 4 nitrogen and oxygen atoms in total. The lowest BCUT2D eigenvalue weighted by Gasteiger charge is -2.39. The minimum atomic E-state index is -0.922. The lowest BCUT2D eigenvalue weighted by molar-refractivity contribution is -0.153. The number of hydrogen-bond acceptors (Lipinski definition) is 4. The summed E-state index contributed by atoms with van der Waals surface area (Å²) in [5.41, 5.74) is 2.07. The van der Waals surface area contributed by atoms with Gasteiger partial charge in [0.25, 0.3) is 0 Å². The lowest BCUT2D eigenvalue weighted by atomic mass is 9.80. The normalized spacial score (nSPS) is 12.7. The topological polar surface area (TPSA) is 51.5 Å². The Balaban J connectivity index is 1.33. The summed E-state index contributed by atoms with van der Waals surface area (Å²) >= 11 is 0. The number of unbranched alkanes of at least 4 members (excludes halogenated alkanes) is 15. The summed E-state index contributed by atoms with van der Waals surface area (Å²) in [6, 6.07) is 37.2. The van der Waals surface area contributed by atoms with E-state index in [1.165, 1.54) is 102 Å². The first-order chi connectivity index (χ1) is 26.5. The highest BCUT2D eigenvalue weighted by Gasteiger charge is 2.40. The van der Waals surface area contributed by atoms with Crippen molar-refractivity contribution in [1.82, 2.24) is 0 Å². The van der Waals surface area contributed by atoms with E-state index in [1.54, 1.807) is 6.07 Å². The molecule has 4 aromatic carbocycles. The number of halogens is 1. The van der Waals surface area contributed by atoms with E-state index in [1.807, 2.05) is 67.6 Å². The average Bonchev–Trinajstić information content (AvgIpc) is 3.21. The van der Waals surface area contributed by atoms with Gasteiger partial charge in [0.05, 0.1) is 31.5 Å². The van der Waals surface area contributed by atoms with E-state index in [4.69, 9.17) is 14.2 Å². The largest absolute Gasteiger partial charge is 0.378 e. The van der Waals surface area contributed by atoms with Crippen molar-refractivity contribution in [3.05, 3.63) is 143 Å². The Hall–Kier alpha value is -3.82. The third-order valence-electron chi connectivity index (χ3n) is 10.4. The molecule has 0 aliphatic carbocycles. The standard InChI is InChI=1S/C49H64FNO3/c1-3-4-5-6-7-8-9-10-11-12-13-14-15-16-17-27-34-52-40-48(2,53-39-43-35-42(38-51)36-47(50)37-43)41-54-49(44-28-21-18-22-29-44,45-30-23-19-24-31-45)46-32-25-20-26-33-46/h18-26,28-33,35-37H,3-17,27,34,39-41H2,1-2H3. The molecule has 0 N–H and O–H groups in total. The van der Waals surface area contributed by atoms with Gasteiger partial charge >= 0.3 is 0 Å². The number of hydrogen-bond donors (Lipinski definition) is 0. The molecule has 0 aromatic heterocycles.